The molecule has 4 bridgehead atoms. The van der Waals surface area contributed by atoms with E-state index in [4.69, 9.17) is 9.15 Å². The Morgan fingerprint density at radius 2 is 2.00 bits per heavy atom. The molecule has 3 unspecified atom stereocenters. The van der Waals surface area contributed by atoms with Gasteiger partial charge >= 0.3 is 5.97 Å². The fourth-order valence-electron chi connectivity index (χ4n) is 5.51. The first-order valence-electron chi connectivity index (χ1n) is 11.6. The van der Waals surface area contributed by atoms with Crippen LogP contribution < -0.4 is 15.4 Å². The van der Waals surface area contributed by atoms with E-state index in [0.717, 1.165) is 5.56 Å². The van der Waals surface area contributed by atoms with Crippen molar-refractivity contribution in [2.45, 2.75) is 44.9 Å². The third-order valence-electron chi connectivity index (χ3n) is 7.22. The number of carbonyl (C=O) groups is 2. The summed E-state index contributed by atoms with van der Waals surface area (Å²) in [4.78, 5) is 29.9. The van der Waals surface area contributed by atoms with Gasteiger partial charge in [0, 0.05) is 22.7 Å². The van der Waals surface area contributed by atoms with Crippen LogP contribution in [0.2, 0.25) is 0 Å². The van der Waals surface area contributed by atoms with Gasteiger partial charge in [-0.3, -0.25) is 4.79 Å². The molecular formula is C26H24FN3O5. The lowest BCUT2D eigenvalue weighted by atomic mass is 9.72. The van der Waals surface area contributed by atoms with Crippen molar-refractivity contribution in [3.05, 3.63) is 76.3 Å². The van der Waals surface area contributed by atoms with Crippen LogP contribution in [-0.4, -0.2) is 28.2 Å². The first-order valence-corrected chi connectivity index (χ1v) is 11.6. The van der Waals surface area contributed by atoms with Crippen LogP contribution in [0.3, 0.4) is 0 Å². The van der Waals surface area contributed by atoms with Gasteiger partial charge in [0.15, 0.2) is 17.7 Å². The Hall–Kier alpha value is -3.88. The highest BCUT2D eigenvalue weighted by Crippen LogP contribution is 2.58. The van der Waals surface area contributed by atoms with Gasteiger partial charge in [-0.25, -0.2) is 14.2 Å². The second kappa shape index (κ2) is 7.31. The number of halogens is 1. The molecule has 6 rings (SSSR count). The van der Waals surface area contributed by atoms with Gasteiger partial charge in [0.2, 0.25) is 11.8 Å². The van der Waals surface area contributed by atoms with Crippen molar-refractivity contribution < 1.29 is 28.2 Å². The van der Waals surface area contributed by atoms with E-state index in [1.807, 2.05) is 32.9 Å². The van der Waals surface area contributed by atoms with E-state index < -0.39 is 29.5 Å². The van der Waals surface area contributed by atoms with Crippen molar-refractivity contribution in [3.8, 4) is 5.75 Å². The summed E-state index contributed by atoms with van der Waals surface area (Å²) in [6.07, 6.45) is -0.303. The zero-order valence-corrected chi connectivity index (χ0v) is 19.4. The van der Waals surface area contributed by atoms with E-state index in [1.165, 1.54) is 12.1 Å². The maximum absolute atomic E-state index is 14.6. The summed E-state index contributed by atoms with van der Waals surface area (Å²) in [5, 5.41) is 16.4. The van der Waals surface area contributed by atoms with E-state index in [1.54, 1.807) is 12.1 Å². The molecule has 8 nitrogen and oxygen atoms in total. The molecule has 3 aliphatic rings. The van der Waals surface area contributed by atoms with Crippen LogP contribution >= 0.6 is 0 Å². The second-order valence-corrected chi connectivity index (χ2v) is 9.84. The number of ether oxygens (including phenoxy) is 1. The van der Waals surface area contributed by atoms with Crippen molar-refractivity contribution in [3.63, 3.8) is 0 Å². The highest BCUT2D eigenvalue weighted by molar-refractivity contribution is 5.89. The lowest BCUT2D eigenvalue weighted by Gasteiger charge is -2.28. The summed E-state index contributed by atoms with van der Waals surface area (Å²) >= 11 is 0. The van der Waals surface area contributed by atoms with Gasteiger partial charge in [-0.1, -0.05) is 32.9 Å². The molecule has 3 aromatic rings. The van der Waals surface area contributed by atoms with Gasteiger partial charge in [0.05, 0.1) is 0 Å². The van der Waals surface area contributed by atoms with Crippen LogP contribution in [0.5, 0.6) is 5.75 Å². The normalized spacial score (nSPS) is 26.1. The summed E-state index contributed by atoms with van der Waals surface area (Å²) in [5.74, 6) is -1.74. The number of hydrogen-bond acceptors (Lipinski definition) is 6. The average Bonchev–Trinajstić information content (AvgIpc) is 3.45. The largest absolute Gasteiger partial charge is 0.476 e. The minimum Gasteiger partial charge on any atom is -0.476 e. The van der Waals surface area contributed by atoms with Gasteiger partial charge in [0.1, 0.15) is 23.0 Å². The smallest absolute Gasteiger partial charge is 0.358 e. The van der Waals surface area contributed by atoms with Crippen LogP contribution in [0.4, 0.5) is 10.1 Å². The fraction of sp³-hybridized carbons (Fsp3) is 0.346. The molecular weight excluding hydrogens is 453 g/mol. The molecule has 2 aromatic carbocycles. The van der Waals surface area contributed by atoms with Gasteiger partial charge in [-0.2, -0.15) is 0 Å². The first kappa shape index (κ1) is 21.6. The standard InChI is InChI=1S/C26H24FN3O5/c1-11(2)19-23-30-20(24(32)33)21(35-23)26-15-10-14(27)5-6-17(15)28-25(26)34-18-7-4-13(9-16(18)26)8-12(3)22(31)29-19/h4-7,9-12,19,25,28H,8H2,1-3H3,(H,29,31)(H,32,33)/t12?,19?,25-,26?/m1/s1. The van der Waals surface area contributed by atoms with Crippen LogP contribution in [0, 0.1) is 17.7 Å². The molecule has 4 heterocycles. The number of carboxylic acid groups (broad SMARTS) is 1. The van der Waals surface area contributed by atoms with Crippen LogP contribution in [0.25, 0.3) is 0 Å². The molecule has 3 aliphatic heterocycles. The summed E-state index contributed by atoms with van der Waals surface area (Å²) in [7, 11) is 0. The van der Waals surface area contributed by atoms with Gasteiger partial charge in [0.25, 0.3) is 0 Å². The molecule has 4 atom stereocenters. The number of amides is 1. The maximum Gasteiger partial charge on any atom is 0.358 e. The number of carboxylic acids is 1. The number of rotatable bonds is 2. The van der Waals surface area contributed by atoms with Crippen LogP contribution in [0.15, 0.2) is 40.8 Å². The number of oxazole rings is 1. The molecule has 9 heteroatoms. The molecule has 0 fully saturated rings. The number of hydrogen-bond donors (Lipinski definition) is 3. The Kier molecular flexibility index (Phi) is 4.52. The molecule has 0 aliphatic carbocycles. The maximum atomic E-state index is 14.6. The lowest BCUT2D eigenvalue weighted by molar-refractivity contribution is -0.125. The quantitative estimate of drug-likeness (QED) is 0.511. The minimum absolute atomic E-state index is 0.0475. The van der Waals surface area contributed by atoms with E-state index in [9.17, 15) is 19.1 Å². The van der Waals surface area contributed by atoms with Crippen molar-refractivity contribution in [1.82, 2.24) is 10.3 Å². The number of anilines is 1. The van der Waals surface area contributed by atoms with E-state index >= 15 is 0 Å². The molecule has 35 heavy (non-hydrogen) atoms. The molecule has 1 amide bonds. The third-order valence-corrected chi connectivity index (χ3v) is 7.22. The Morgan fingerprint density at radius 1 is 1.20 bits per heavy atom. The predicted molar refractivity (Wildman–Crippen MR) is 123 cm³/mol. The van der Waals surface area contributed by atoms with Crippen LogP contribution in [-0.2, 0) is 16.6 Å². The van der Waals surface area contributed by atoms with Crippen molar-refractivity contribution in [1.29, 1.82) is 0 Å². The van der Waals surface area contributed by atoms with Crippen LogP contribution in [0.1, 0.15) is 65.6 Å². The lowest BCUT2D eigenvalue weighted by Crippen LogP contribution is -2.40. The third kappa shape index (κ3) is 2.93. The van der Waals surface area contributed by atoms with Gasteiger partial charge in [-0.05, 0) is 42.2 Å². The summed E-state index contributed by atoms with van der Waals surface area (Å²) in [6.45, 7) is 5.63. The molecule has 180 valence electrons. The summed E-state index contributed by atoms with van der Waals surface area (Å²) < 4.78 is 27.2. The highest BCUT2D eigenvalue weighted by atomic mass is 19.1. The highest BCUT2D eigenvalue weighted by Gasteiger charge is 2.61. The predicted octanol–water partition coefficient (Wildman–Crippen LogP) is 4.00. The minimum atomic E-state index is -1.28. The second-order valence-electron chi connectivity index (χ2n) is 9.84. The number of fused-ring (bicyclic) bond motifs is 4. The Balaban J connectivity index is 1.72. The monoisotopic (exact) mass is 477 g/mol. The van der Waals surface area contributed by atoms with E-state index in [-0.39, 0.29) is 35.1 Å². The average molecular weight is 477 g/mol. The van der Waals surface area contributed by atoms with E-state index in [2.05, 4.69) is 15.6 Å². The fourth-order valence-corrected chi connectivity index (χ4v) is 5.51. The molecule has 3 N–H and O–H groups in total. The molecule has 0 saturated carbocycles. The van der Waals surface area contributed by atoms with Gasteiger partial charge < -0.3 is 24.9 Å². The number of nitrogens with zero attached hydrogens (tertiary/aromatic N) is 1. The van der Waals surface area contributed by atoms with E-state index in [0.29, 0.717) is 29.0 Å². The zero-order chi connectivity index (χ0) is 24.6. The van der Waals surface area contributed by atoms with Crippen molar-refractivity contribution >= 4 is 17.6 Å². The number of nitrogens with one attached hydrogen (secondary N) is 2. The number of aromatic carboxylic acids is 1. The SMILES string of the molecule is CC1Cc2ccc3c(c2)C2(c4cc(F)ccc4N[C@@H]2O3)c2oc(nc2C(=O)O)C(C(C)C)NC1=O. The Labute approximate surface area is 200 Å². The number of carbonyl (C=O) groups excluding carboxylic acids is 1. The van der Waals surface area contributed by atoms with Gasteiger partial charge in [-0.15, -0.1) is 0 Å². The Bertz CT molecular complexity index is 1400. The van der Waals surface area contributed by atoms with Crippen molar-refractivity contribution in [2.75, 3.05) is 5.32 Å². The number of benzene rings is 2. The summed E-state index contributed by atoms with van der Waals surface area (Å²) in [6, 6.07) is 9.28. The molecule has 0 radical (unpaired) electrons. The number of aromatic nitrogens is 1. The zero-order valence-electron chi connectivity index (χ0n) is 19.4. The molecule has 1 spiro atoms. The molecule has 1 aromatic heterocycles. The first-order chi connectivity index (χ1) is 16.7. The topological polar surface area (TPSA) is 114 Å². The van der Waals surface area contributed by atoms with Crippen molar-refractivity contribution in [2.24, 2.45) is 11.8 Å². The summed E-state index contributed by atoms with van der Waals surface area (Å²) in [5.41, 5.74) is 1.08. The Morgan fingerprint density at radius 3 is 2.74 bits per heavy atom. The molecule has 0 saturated heterocycles.